The molecule has 0 fully saturated rings. The van der Waals surface area contributed by atoms with Crippen molar-refractivity contribution in [2.24, 2.45) is 21.7 Å². The fourth-order valence-electron chi connectivity index (χ4n) is 1.38. The number of hydrogen-bond donors (Lipinski definition) is 2. The summed E-state index contributed by atoms with van der Waals surface area (Å²) in [6, 6.07) is 9.51. The number of azo groups is 1. The lowest BCUT2D eigenvalue weighted by atomic mass is 10.0. The zero-order valence-electron chi connectivity index (χ0n) is 9.28. The van der Waals surface area contributed by atoms with Crippen molar-refractivity contribution < 1.29 is 0 Å². The van der Waals surface area contributed by atoms with Crippen molar-refractivity contribution in [3.8, 4) is 0 Å². The van der Waals surface area contributed by atoms with Gasteiger partial charge in [-0.3, -0.25) is 0 Å². The molecule has 17 heavy (non-hydrogen) atoms. The number of nitrogens with two attached hydrogens (primary N) is 2. The summed E-state index contributed by atoms with van der Waals surface area (Å²) in [5.41, 5.74) is 12.4. The molecule has 0 bridgehead atoms. The molecule has 1 aromatic carbocycles. The van der Waals surface area contributed by atoms with Crippen LogP contribution in [-0.2, 0) is 0 Å². The van der Waals surface area contributed by atoms with E-state index < -0.39 is 5.66 Å². The monoisotopic (exact) mass is 250 g/mol. The van der Waals surface area contributed by atoms with E-state index in [-0.39, 0.29) is 12.4 Å². The van der Waals surface area contributed by atoms with Gasteiger partial charge in [-0.2, -0.15) is 10.2 Å². The molecule has 4 N–H and O–H groups in total. The first-order valence-corrected chi connectivity index (χ1v) is 5.10. The molecule has 0 heterocycles. The fraction of sp³-hybridized carbons (Fsp3) is 0.167. The van der Waals surface area contributed by atoms with E-state index in [2.05, 4.69) is 10.2 Å². The summed E-state index contributed by atoms with van der Waals surface area (Å²) in [5.74, 6) is 0. The molecule has 4 nitrogen and oxygen atoms in total. The molecule has 1 unspecified atom stereocenters. The largest absolute Gasteiger partial charge is 0.399 e. The lowest BCUT2D eigenvalue weighted by molar-refractivity contribution is 0.530. The van der Waals surface area contributed by atoms with Gasteiger partial charge in [-0.25, -0.2) is 0 Å². The van der Waals surface area contributed by atoms with Gasteiger partial charge in [-0.05, 0) is 24.3 Å². The van der Waals surface area contributed by atoms with Crippen molar-refractivity contribution in [1.82, 2.24) is 0 Å². The summed E-state index contributed by atoms with van der Waals surface area (Å²) in [5, 5.41) is 8.24. The van der Waals surface area contributed by atoms with Gasteiger partial charge in [-0.1, -0.05) is 24.3 Å². The highest BCUT2D eigenvalue weighted by Crippen LogP contribution is 2.21. The quantitative estimate of drug-likeness (QED) is 0.792. The Labute approximate surface area is 107 Å². The fourth-order valence-corrected chi connectivity index (χ4v) is 1.38. The van der Waals surface area contributed by atoms with Crippen LogP contribution in [-0.4, -0.2) is 5.66 Å². The predicted molar refractivity (Wildman–Crippen MR) is 71.2 cm³/mol. The second-order valence-corrected chi connectivity index (χ2v) is 3.77. The maximum atomic E-state index is 6.02. The first-order valence-electron chi connectivity index (χ1n) is 5.10. The molecule has 1 aliphatic rings. The van der Waals surface area contributed by atoms with Crippen molar-refractivity contribution in [2.45, 2.75) is 12.1 Å². The van der Waals surface area contributed by atoms with Crippen LogP contribution in [0.2, 0.25) is 0 Å². The lowest BCUT2D eigenvalue weighted by Gasteiger charge is -2.20. The third-order valence-corrected chi connectivity index (χ3v) is 2.34. The highest BCUT2D eigenvalue weighted by molar-refractivity contribution is 5.85. The summed E-state index contributed by atoms with van der Waals surface area (Å²) in [7, 11) is 0. The summed E-state index contributed by atoms with van der Waals surface area (Å²) >= 11 is 0. The maximum absolute atomic E-state index is 6.02. The van der Waals surface area contributed by atoms with Gasteiger partial charge in [0, 0.05) is 12.1 Å². The van der Waals surface area contributed by atoms with Crippen molar-refractivity contribution in [1.29, 1.82) is 0 Å². The second-order valence-electron chi connectivity index (χ2n) is 3.77. The Morgan fingerprint density at radius 1 is 1.18 bits per heavy atom. The zero-order chi connectivity index (χ0) is 11.4. The maximum Gasteiger partial charge on any atom is 0.152 e. The number of halogens is 1. The van der Waals surface area contributed by atoms with E-state index in [1.807, 2.05) is 36.4 Å². The normalized spacial score (nSPS) is 23.2. The Hall–Kier alpha value is -1.65. The Balaban J connectivity index is 0.00000144. The molecule has 1 atom stereocenters. The minimum atomic E-state index is -0.765. The van der Waals surface area contributed by atoms with Crippen LogP contribution in [0.3, 0.4) is 0 Å². The van der Waals surface area contributed by atoms with Crippen molar-refractivity contribution in [3.05, 3.63) is 54.3 Å². The van der Waals surface area contributed by atoms with Gasteiger partial charge in [-0.15, -0.1) is 12.4 Å². The van der Waals surface area contributed by atoms with E-state index in [0.29, 0.717) is 6.42 Å². The summed E-state index contributed by atoms with van der Waals surface area (Å²) in [4.78, 5) is 0. The Bertz CT molecular complexity index is 453. The molecule has 1 aromatic rings. The van der Waals surface area contributed by atoms with Gasteiger partial charge < -0.3 is 11.5 Å². The van der Waals surface area contributed by atoms with Crippen LogP contribution < -0.4 is 11.5 Å². The van der Waals surface area contributed by atoms with Crippen molar-refractivity contribution in [2.75, 3.05) is 0 Å². The molecule has 0 radical (unpaired) electrons. The van der Waals surface area contributed by atoms with E-state index in [1.54, 1.807) is 12.2 Å². The number of benzene rings is 1. The average Bonchev–Trinajstić information content (AvgIpc) is 2.33. The SMILES string of the molecule is Cl.NC1=CCC(N)(N=Nc2ccccc2)C=C1. The number of nitrogens with zero attached hydrogens (tertiary/aromatic N) is 2. The molecule has 1 aliphatic carbocycles. The van der Waals surface area contributed by atoms with Gasteiger partial charge in [0.15, 0.2) is 5.66 Å². The van der Waals surface area contributed by atoms with E-state index in [1.165, 1.54) is 0 Å². The highest BCUT2D eigenvalue weighted by atomic mass is 35.5. The van der Waals surface area contributed by atoms with Crippen LogP contribution in [0.1, 0.15) is 6.42 Å². The molecule has 0 spiro atoms. The van der Waals surface area contributed by atoms with Gasteiger partial charge in [0.05, 0.1) is 5.69 Å². The molecule has 5 heteroatoms. The molecule has 90 valence electrons. The molecule has 0 saturated carbocycles. The summed E-state index contributed by atoms with van der Waals surface area (Å²) < 4.78 is 0. The van der Waals surface area contributed by atoms with Crippen LogP contribution in [0.5, 0.6) is 0 Å². The van der Waals surface area contributed by atoms with Crippen LogP contribution in [0.25, 0.3) is 0 Å². The first-order chi connectivity index (χ1) is 7.68. The molecular formula is C12H15ClN4. The smallest absolute Gasteiger partial charge is 0.152 e. The topological polar surface area (TPSA) is 76.8 Å². The Kier molecular flexibility index (Phi) is 4.43. The number of allylic oxidation sites excluding steroid dienone is 1. The van der Waals surface area contributed by atoms with Crippen molar-refractivity contribution >= 4 is 18.1 Å². The van der Waals surface area contributed by atoms with E-state index in [9.17, 15) is 0 Å². The third kappa shape index (κ3) is 3.69. The minimum absolute atomic E-state index is 0. The summed E-state index contributed by atoms with van der Waals surface area (Å²) in [6.45, 7) is 0. The molecule has 0 amide bonds. The predicted octanol–water partition coefficient (Wildman–Crippen LogP) is 2.65. The molecular weight excluding hydrogens is 236 g/mol. The summed E-state index contributed by atoms with van der Waals surface area (Å²) in [6.07, 6.45) is 5.96. The van der Waals surface area contributed by atoms with Crippen molar-refractivity contribution in [3.63, 3.8) is 0 Å². The molecule has 0 saturated heterocycles. The first kappa shape index (κ1) is 13.4. The standard InChI is InChI=1S/C12H14N4.ClH/c13-10-6-8-12(14,9-7-10)16-15-11-4-2-1-3-5-11;/h1-8H,9,13-14H2;1H. The second kappa shape index (κ2) is 5.61. The van der Waals surface area contributed by atoms with Gasteiger partial charge >= 0.3 is 0 Å². The minimum Gasteiger partial charge on any atom is -0.399 e. The molecule has 0 aliphatic heterocycles. The van der Waals surface area contributed by atoms with Gasteiger partial charge in [0.1, 0.15) is 0 Å². The highest BCUT2D eigenvalue weighted by Gasteiger charge is 2.21. The van der Waals surface area contributed by atoms with Gasteiger partial charge in [0.2, 0.25) is 0 Å². The van der Waals surface area contributed by atoms with E-state index >= 15 is 0 Å². The van der Waals surface area contributed by atoms with E-state index in [4.69, 9.17) is 11.5 Å². The molecule has 0 aromatic heterocycles. The van der Waals surface area contributed by atoms with Crippen LogP contribution in [0, 0.1) is 0 Å². The van der Waals surface area contributed by atoms with Crippen LogP contribution in [0.15, 0.2) is 64.5 Å². The Morgan fingerprint density at radius 2 is 1.88 bits per heavy atom. The van der Waals surface area contributed by atoms with Gasteiger partial charge in [0.25, 0.3) is 0 Å². The number of hydrogen-bond acceptors (Lipinski definition) is 4. The zero-order valence-corrected chi connectivity index (χ0v) is 10.1. The lowest BCUT2D eigenvalue weighted by Crippen LogP contribution is -2.35. The number of rotatable bonds is 2. The third-order valence-electron chi connectivity index (χ3n) is 2.34. The van der Waals surface area contributed by atoms with Crippen LogP contribution in [0.4, 0.5) is 5.69 Å². The Morgan fingerprint density at radius 3 is 2.47 bits per heavy atom. The average molecular weight is 251 g/mol. The van der Waals surface area contributed by atoms with E-state index in [0.717, 1.165) is 11.4 Å². The van der Waals surface area contributed by atoms with Crippen LogP contribution >= 0.6 is 12.4 Å². The molecule has 2 rings (SSSR count).